The summed E-state index contributed by atoms with van der Waals surface area (Å²) in [6.45, 7) is 1.77. The molecule has 0 fully saturated rings. The van der Waals surface area contributed by atoms with Gasteiger partial charge >= 0.3 is 0 Å². The molecule has 1 N–H and O–H groups in total. The van der Waals surface area contributed by atoms with Crippen LogP contribution in [0.4, 0.5) is 0 Å². The van der Waals surface area contributed by atoms with Gasteiger partial charge in [-0.1, -0.05) is 29.8 Å². The average molecular weight is 323 g/mol. The van der Waals surface area contributed by atoms with Crippen LogP contribution >= 0.6 is 11.6 Å². The largest absolute Gasteiger partial charge is 0.265 e. The third-order valence-electron chi connectivity index (χ3n) is 2.88. The second kappa shape index (κ2) is 6.85. The molecule has 0 saturated carbocycles. The summed E-state index contributed by atoms with van der Waals surface area (Å²) in [5, 5.41) is 1.62. The average Bonchev–Trinajstić information content (AvgIpc) is 2.47. The number of rotatable bonds is 5. The molecule has 0 amide bonds. The van der Waals surface area contributed by atoms with E-state index in [1.165, 1.54) is 6.08 Å². The standard InChI is InChI=1S/C15H15ClN2O2S/c1-12(13-6-9-17-10-7-13)18-21(19,20)11-8-14-4-2-3-5-15(14)16/h2-12,18H,1H3. The van der Waals surface area contributed by atoms with Crippen molar-refractivity contribution in [2.24, 2.45) is 0 Å². The fraction of sp³-hybridized carbons (Fsp3) is 0.133. The van der Waals surface area contributed by atoms with Gasteiger partial charge in [-0.2, -0.15) is 0 Å². The van der Waals surface area contributed by atoms with E-state index in [1.54, 1.807) is 55.7 Å². The van der Waals surface area contributed by atoms with Crippen molar-refractivity contribution in [1.29, 1.82) is 0 Å². The number of nitrogens with one attached hydrogen (secondary N) is 1. The quantitative estimate of drug-likeness (QED) is 0.918. The first-order valence-electron chi connectivity index (χ1n) is 6.33. The van der Waals surface area contributed by atoms with Gasteiger partial charge in [-0.15, -0.1) is 0 Å². The number of halogens is 1. The molecule has 1 unspecified atom stereocenters. The van der Waals surface area contributed by atoms with Crippen molar-refractivity contribution >= 4 is 27.7 Å². The number of aromatic nitrogens is 1. The van der Waals surface area contributed by atoms with E-state index in [1.807, 2.05) is 0 Å². The molecule has 2 aromatic rings. The van der Waals surface area contributed by atoms with E-state index < -0.39 is 10.0 Å². The fourth-order valence-electron chi connectivity index (χ4n) is 1.78. The number of sulfonamides is 1. The van der Waals surface area contributed by atoms with Crippen molar-refractivity contribution in [3.05, 3.63) is 70.3 Å². The molecule has 0 saturated heterocycles. The molecule has 0 aliphatic heterocycles. The lowest BCUT2D eigenvalue weighted by molar-refractivity contribution is 0.576. The lowest BCUT2D eigenvalue weighted by atomic mass is 10.1. The Morgan fingerprint density at radius 1 is 1.19 bits per heavy atom. The Labute approximate surface area is 129 Å². The van der Waals surface area contributed by atoms with Crippen LogP contribution in [0, 0.1) is 0 Å². The Morgan fingerprint density at radius 3 is 2.52 bits per heavy atom. The second-order valence-electron chi connectivity index (χ2n) is 4.49. The molecule has 0 aliphatic rings. The van der Waals surface area contributed by atoms with Crippen molar-refractivity contribution < 1.29 is 8.42 Å². The van der Waals surface area contributed by atoms with Gasteiger partial charge in [0, 0.05) is 28.9 Å². The zero-order chi connectivity index (χ0) is 15.3. The maximum absolute atomic E-state index is 12.0. The van der Waals surface area contributed by atoms with Gasteiger partial charge in [-0.25, -0.2) is 13.1 Å². The monoisotopic (exact) mass is 322 g/mol. The molecule has 1 atom stereocenters. The molecule has 0 spiro atoms. The summed E-state index contributed by atoms with van der Waals surface area (Å²) in [4.78, 5) is 3.90. The van der Waals surface area contributed by atoms with Crippen molar-refractivity contribution in [3.63, 3.8) is 0 Å². The normalized spacial score (nSPS) is 13.4. The molecule has 21 heavy (non-hydrogen) atoms. The van der Waals surface area contributed by atoms with E-state index in [-0.39, 0.29) is 6.04 Å². The Morgan fingerprint density at radius 2 is 1.86 bits per heavy atom. The molecule has 0 radical (unpaired) electrons. The zero-order valence-corrected chi connectivity index (χ0v) is 13.0. The number of hydrogen-bond acceptors (Lipinski definition) is 3. The first-order valence-corrected chi connectivity index (χ1v) is 8.25. The smallest absolute Gasteiger partial charge is 0.234 e. The first-order chi connectivity index (χ1) is 9.98. The molecule has 1 aromatic heterocycles. The molecule has 1 heterocycles. The van der Waals surface area contributed by atoms with Crippen molar-refractivity contribution in [1.82, 2.24) is 9.71 Å². The van der Waals surface area contributed by atoms with Gasteiger partial charge in [0.05, 0.1) is 0 Å². The van der Waals surface area contributed by atoms with Gasteiger partial charge in [0.2, 0.25) is 10.0 Å². The van der Waals surface area contributed by atoms with Crippen LogP contribution in [0.2, 0.25) is 5.02 Å². The minimum atomic E-state index is -3.55. The van der Waals surface area contributed by atoms with Crippen molar-refractivity contribution in [2.75, 3.05) is 0 Å². The highest BCUT2D eigenvalue weighted by Crippen LogP contribution is 2.17. The number of hydrogen-bond donors (Lipinski definition) is 1. The van der Waals surface area contributed by atoms with E-state index >= 15 is 0 Å². The van der Waals surface area contributed by atoms with Gasteiger partial charge in [0.25, 0.3) is 0 Å². The van der Waals surface area contributed by atoms with E-state index in [0.717, 1.165) is 11.0 Å². The third kappa shape index (κ3) is 4.67. The summed E-state index contributed by atoms with van der Waals surface area (Å²) < 4.78 is 26.7. The highest BCUT2D eigenvalue weighted by molar-refractivity contribution is 7.92. The Balaban J connectivity index is 2.11. The highest BCUT2D eigenvalue weighted by atomic mass is 35.5. The van der Waals surface area contributed by atoms with E-state index in [0.29, 0.717) is 10.6 Å². The van der Waals surface area contributed by atoms with Crippen LogP contribution in [0.25, 0.3) is 6.08 Å². The Bertz CT molecular complexity index is 730. The zero-order valence-electron chi connectivity index (χ0n) is 11.4. The van der Waals surface area contributed by atoms with Gasteiger partial charge in [0.15, 0.2) is 0 Å². The predicted octanol–water partition coefficient (Wildman–Crippen LogP) is 3.39. The van der Waals surface area contributed by atoms with Crippen molar-refractivity contribution in [3.8, 4) is 0 Å². The number of nitrogens with zero attached hydrogens (tertiary/aromatic N) is 1. The molecule has 110 valence electrons. The molecule has 0 aliphatic carbocycles. The minimum Gasteiger partial charge on any atom is -0.265 e. The first kappa shape index (κ1) is 15.7. The Kier molecular flexibility index (Phi) is 5.12. The van der Waals surface area contributed by atoms with E-state index in [2.05, 4.69) is 9.71 Å². The van der Waals surface area contributed by atoms with Gasteiger partial charge in [-0.3, -0.25) is 4.98 Å². The second-order valence-corrected chi connectivity index (χ2v) is 6.49. The lowest BCUT2D eigenvalue weighted by Gasteiger charge is -2.12. The van der Waals surface area contributed by atoms with E-state index in [4.69, 9.17) is 11.6 Å². The Hall–Kier alpha value is -1.69. The minimum absolute atomic E-state index is 0.339. The van der Waals surface area contributed by atoms with Crippen LogP contribution < -0.4 is 4.72 Å². The summed E-state index contributed by atoms with van der Waals surface area (Å²) in [7, 11) is -3.55. The summed E-state index contributed by atoms with van der Waals surface area (Å²) in [5.41, 5.74) is 1.50. The maximum Gasteiger partial charge on any atom is 0.234 e. The maximum atomic E-state index is 12.0. The van der Waals surface area contributed by atoms with Crippen LogP contribution in [0.5, 0.6) is 0 Å². The summed E-state index contributed by atoms with van der Waals surface area (Å²) >= 11 is 5.98. The summed E-state index contributed by atoms with van der Waals surface area (Å²) in [5.74, 6) is 0. The van der Waals surface area contributed by atoms with Crippen LogP contribution in [0.3, 0.4) is 0 Å². The molecular weight excluding hydrogens is 308 g/mol. The molecule has 4 nitrogen and oxygen atoms in total. The van der Waals surface area contributed by atoms with E-state index in [9.17, 15) is 8.42 Å². The number of benzene rings is 1. The summed E-state index contributed by atoms with van der Waals surface area (Å²) in [6.07, 6.45) is 4.73. The predicted molar refractivity (Wildman–Crippen MR) is 85.2 cm³/mol. The topological polar surface area (TPSA) is 59.1 Å². The molecule has 0 bridgehead atoms. The highest BCUT2D eigenvalue weighted by Gasteiger charge is 2.12. The van der Waals surface area contributed by atoms with Crippen LogP contribution in [0.1, 0.15) is 24.1 Å². The number of pyridine rings is 1. The van der Waals surface area contributed by atoms with Gasteiger partial charge in [0.1, 0.15) is 0 Å². The fourth-order valence-corrected chi connectivity index (χ4v) is 3.01. The van der Waals surface area contributed by atoms with Crippen LogP contribution in [-0.2, 0) is 10.0 Å². The lowest BCUT2D eigenvalue weighted by Crippen LogP contribution is -2.24. The molecular formula is C15H15ClN2O2S. The van der Waals surface area contributed by atoms with Gasteiger partial charge < -0.3 is 0 Å². The van der Waals surface area contributed by atoms with Crippen LogP contribution in [0.15, 0.2) is 54.2 Å². The SMILES string of the molecule is CC(NS(=O)(=O)C=Cc1ccccc1Cl)c1ccncc1. The molecule has 2 rings (SSSR count). The third-order valence-corrected chi connectivity index (χ3v) is 4.40. The summed E-state index contributed by atoms with van der Waals surface area (Å²) in [6, 6.07) is 10.2. The van der Waals surface area contributed by atoms with Gasteiger partial charge in [-0.05, 0) is 42.3 Å². The van der Waals surface area contributed by atoms with Crippen LogP contribution in [-0.4, -0.2) is 13.4 Å². The molecule has 1 aromatic carbocycles. The molecule has 6 heteroatoms. The van der Waals surface area contributed by atoms with Crippen molar-refractivity contribution in [2.45, 2.75) is 13.0 Å².